The maximum Gasteiger partial charge on any atom is 0.573 e. The van der Waals surface area contributed by atoms with Crippen LogP contribution in [0, 0.1) is 11.3 Å². The van der Waals surface area contributed by atoms with E-state index in [0.29, 0.717) is 5.92 Å². The highest BCUT2D eigenvalue weighted by Crippen LogP contribution is 2.44. The number of benzene rings is 2. The fourth-order valence-electron chi connectivity index (χ4n) is 5.76. The van der Waals surface area contributed by atoms with Crippen LogP contribution < -0.4 is 10.1 Å². The number of halogens is 3. The second-order valence-corrected chi connectivity index (χ2v) is 10.6. The average molecular weight is 489 g/mol. The quantitative estimate of drug-likeness (QED) is 0.566. The topological polar surface area (TPSA) is 50.8 Å². The number of alkyl halides is 3. The number of hydrogen-bond acceptors (Lipinski definition) is 4. The van der Waals surface area contributed by atoms with E-state index < -0.39 is 6.36 Å². The minimum atomic E-state index is -4.71. The lowest BCUT2D eigenvalue weighted by molar-refractivity contribution is -0.274. The van der Waals surface area contributed by atoms with Gasteiger partial charge in [0, 0.05) is 6.54 Å². The molecule has 0 radical (unpaired) electrons. The summed E-state index contributed by atoms with van der Waals surface area (Å²) in [6.45, 7) is 7.31. The zero-order valence-electron chi connectivity index (χ0n) is 20.0. The van der Waals surface area contributed by atoms with Gasteiger partial charge in [-0.25, -0.2) is 4.79 Å². The van der Waals surface area contributed by atoms with E-state index in [0.717, 1.165) is 67.6 Å². The lowest BCUT2D eigenvalue weighted by Crippen LogP contribution is -2.53. The van der Waals surface area contributed by atoms with Gasteiger partial charge >= 0.3 is 12.5 Å². The molecule has 4 aliphatic rings. The molecule has 0 spiro atoms. The maximum atomic E-state index is 12.9. The molecule has 6 rings (SSSR count). The third-order valence-corrected chi connectivity index (χ3v) is 7.81. The Balaban J connectivity index is 1.31. The lowest BCUT2D eigenvalue weighted by Gasteiger charge is -2.44. The van der Waals surface area contributed by atoms with Gasteiger partial charge in [-0.05, 0) is 84.5 Å². The highest BCUT2D eigenvalue weighted by molar-refractivity contribution is 5.70. The van der Waals surface area contributed by atoms with Gasteiger partial charge in [-0.3, -0.25) is 4.90 Å². The molecule has 0 aromatic heterocycles. The zero-order chi connectivity index (χ0) is 24.8. The summed E-state index contributed by atoms with van der Waals surface area (Å²) in [5.41, 5.74) is 3.77. The Hall–Kier alpha value is -2.74. The third-order valence-electron chi connectivity index (χ3n) is 7.81. The van der Waals surface area contributed by atoms with Crippen molar-refractivity contribution in [1.29, 1.82) is 0 Å². The summed E-state index contributed by atoms with van der Waals surface area (Å²) in [7, 11) is 0. The van der Waals surface area contributed by atoms with Crippen molar-refractivity contribution in [2.75, 3.05) is 19.6 Å². The molecule has 188 valence electrons. The van der Waals surface area contributed by atoms with Gasteiger partial charge in [-0.1, -0.05) is 44.2 Å². The Morgan fingerprint density at radius 1 is 1.06 bits per heavy atom. The minimum Gasteiger partial charge on any atom is -0.445 e. The predicted octanol–water partition coefficient (Wildman–Crippen LogP) is 6.09. The van der Waals surface area contributed by atoms with Gasteiger partial charge in [0.05, 0.1) is 6.04 Å². The van der Waals surface area contributed by atoms with Gasteiger partial charge in [-0.15, -0.1) is 13.2 Å². The molecule has 1 N–H and O–H groups in total. The Labute approximate surface area is 203 Å². The molecule has 2 atom stereocenters. The molecule has 3 heterocycles. The standard InChI is InChI=1S/C27H31F3N2O3/c1-26(2)12-9-20-15-19(17-3-6-21(7-4-17)35-27(28,29)30)5-8-22(20)24(26)31-25(33)34-23-16-32-13-10-18(23)11-14-32/h3-8,15,18,23-24H,9-14,16H2,1-2H3,(H,31,33)/t23-,24?/m1/s1. The Kier molecular flexibility index (Phi) is 6.20. The van der Waals surface area contributed by atoms with Gasteiger partial charge in [-0.2, -0.15) is 0 Å². The maximum absolute atomic E-state index is 12.9. The number of piperidine rings is 3. The fourth-order valence-corrected chi connectivity index (χ4v) is 5.76. The second-order valence-electron chi connectivity index (χ2n) is 10.6. The summed E-state index contributed by atoms with van der Waals surface area (Å²) in [5.74, 6) is 0.208. The first-order valence-corrected chi connectivity index (χ1v) is 12.3. The van der Waals surface area contributed by atoms with Gasteiger partial charge < -0.3 is 14.8 Å². The number of nitrogens with one attached hydrogen (secondary N) is 1. The van der Waals surface area contributed by atoms with Crippen molar-refractivity contribution in [1.82, 2.24) is 10.2 Å². The number of rotatable bonds is 4. The molecule has 0 saturated carbocycles. The smallest absolute Gasteiger partial charge is 0.445 e. The van der Waals surface area contributed by atoms with Crippen molar-refractivity contribution in [3.05, 3.63) is 53.6 Å². The Morgan fingerprint density at radius 2 is 1.74 bits per heavy atom. The van der Waals surface area contributed by atoms with Crippen molar-refractivity contribution in [3.8, 4) is 16.9 Å². The number of alkyl carbamates (subject to hydrolysis) is 1. The van der Waals surface area contributed by atoms with Gasteiger partial charge in [0.2, 0.25) is 0 Å². The van der Waals surface area contributed by atoms with Crippen LogP contribution in [0.3, 0.4) is 0 Å². The first-order valence-electron chi connectivity index (χ1n) is 12.3. The fraction of sp³-hybridized carbons (Fsp3) is 0.519. The molecule has 3 saturated heterocycles. The van der Waals surface area contributed by atoms with E-state index in [1.165, 1.54) is 12.1 Å². The molecule has 1 unspecified atom stereocenters. The van der Waals surface area contributed by atoms with Crippen LogP contribution in [0.1, 0.15) is 50.3 Å². The molecular weight excluding hydrogens is 457 g/mol. The van der Waals surface area contributed by atoms with E-state index >= 15 is 0 Å². The monoisotopic (exact) mass is 488 g/mol. The highest BCUT2D eigenvalue weighted by atomic mass is 19.4. The van der Waals surface area contributed by atoms with Gasteiger partial charge in [0.1, 0.15) is 11.9 Å². The summed E-state index contributed by atoms with van der Waals surface area (Å²) in [5, 5.41) is 3.16. The van der Waals surface area contributed by atoms with E-state index in [4.69, 9.17) is 4.74 Å². The van der Waals surface area contributed by atoms with Crippen molar-refractivity contribution in [2.45, 2.75) is 58.0 Å². The number of fused-ring (bicyclic) bond motifs is 4. The molecule has 2 aromatic rings. The number of hydrogen-bond donors (Lipinski definition) is 1. The molecule has 3 aliphatic heterocycles. The summed E-state index contributed by atoms with van der Waals surface area (Å²) in [6.07, 6.45) is -1.19. The van der Waals surface area contributed by atoms with E-state index in [2.05, 4.69) is 34.9 Å². The zero-order valence-corrected chi connectivity index (χ0v) is 20.0. The molecule has 8 heteroatoms. The number of ether oxygens (including phenoxy) is 2. The van der Waals surface area contributed by atoms with E-state index in [-0.39, 0.29) is 29.4 Å². The van der Waals surface area contributed by atoms with Crippen molar-refractivity contribution < 1.29 is 27.4 Å². The number of amides is 1. The van der Waals surface area contributed by atoms with E-state index in [9.17, 15) is 18.0 Å². The van der Waals surface area contributed by atoms with Crippen molar-refractivity contribution in [2.24, 2.45) is 11.3 Å². The summed E-state index contributed by atoms with van der Waals surface area (Å²) < 4.78 is 47.2. The molecule has 35 heavy (non-hydrogen) atoms. The average Bonchev–Trinajstić information content (AvgIpc) is 2.81. The predicted molar refractivity (Wildman–Crippen MR) is 126 cm³/mol. The largest absolute Gasteiger partial charge is 0.573 e. The molecule has 5 nitrogen and oxygen atoms in total. The molecule has 2 bridgehead atoms. The number of aryl methyl sites for hydroxylation is 1. The first kappa shape index (κ1) is 24.0. The number of carbonyl (C=O) groups excluding carboxylic acids is 1. The SMILES string of the molecule is CC1(C)CCc2cc(-c3ccc(OC(F)(F)F)cc3)ccc2C1NC(=O)O[C@@H]1CN2CCC1CC2. The third kappa shape index (κ3) is 5.27. The van der Waals surface area contributed by atoms with Crippen LogP contribution >= 0.6 is 0 Å². The van der Waals surface area contributed by atoms with Crippen LogP contribution in [0.25, 0.3) is 11.1 Å². The van der Waals surface area contributed by atoms with Crippen LogP contribution in [0.2, 0.25) is 0 Å². The molecule has 1 aliphatic carbocycles. The van der Waals surface area contributed by atoms with Crippen LogP contribution in [0.4, 0.5) is 18.0 Å². The molecule has 3 fully saturated rings. The highest BCUT2D eigenvalue weighted by Gasteiger charge is 2.40. The summed E-state index contributed by atoms with van der Waals surface area (Å²) in [6, 6.07) is 11.7. The molecular formula is C27H31F3N2O3. The van der Waals surface area contributed by atoms with Crippen LogP contribution in [-0.2, 0) is 11.2 Å². The minimum absolute atomic E-state index is 0.0460. The van der Waals surface area contributed by atoms with E-state index in [1.54, 1.807) is 12.1 Å². The van der Waals surface area contributed by atoms with E-state index in [1.807, 2.05) is 12.1 Å². The Bertz CT molecular complexity index is 1080. The van der Waals surface area contributed by atoms with Crippen LogP contribution in [-0.4, -0.2) is 43.1 Å². The van der Waals surface area contributed by atoms with Crippen molar-refractivity contribution in [3.63, 3.8) is 0 Å². The normalized spacial score (nSPS) is 27.1. The number of nitrogens with zero attached hydrogens (tertiary/aromatic N) is 1. The molecule has 1 amide bonds. The van der Waals surface area contributed by atoms with Crippen LogP contribution in [0.5, 0.6) is 5.75 Å². The number of carbonyl (C=O) groups is 1. The summed E-state index contributed by atoms with van der Waals surface area (Å²) in [4.78, 5) is 15.3. The second kappa shape index (κ2) is 9.04. The van der Waals surface area contributed by atoms with Gasteiger partial charge in [0.25, 0.3) is 0 Å². The van der Waals surface area contributed by atoms with Gasteiger partial charge in [0.15, 0.2) is 0 Å². The Morgan fingerprint density at radius 3 is 2.37 bits per heavy atom. The van der Waals surface area contributed by atoms with Crippen molar-refractivity contribution >= 4 is 6.09 Å². The molecule has 2 aromatic carbocycles. The lowest BCUT2D eigenvalue weighted by atomic mass is 9.70. The van der Waals surface area contributed by atoms with Crippen LogP contribution in [0.15, 0.2) is 42.5 Å². The summed E-state index contributed by atoms with van der Waals surface area (Å²) >= 11 is 0. The first-order chi connectivity index (χ1) is 16.6.